The van der Waals surface area contributed by atoms with Crippen molar-refractivity contribution in [3.05, 3.63) is 23.2 Å². The van der Waals surface area contributed by atoms with Crippen LogP contribution in [0.2, 0.25) is 5.02 Å². The number of aliphatic hydroxyl groups excluding tert-OH is 1. The van der Waals surface area contributed by atoms with E-state index in [1.807, 2.05) is 0 Å². The molecule has 102 valence electrons. The lowest BCUT2D eigenvalue weighted by atomic mass is 10.1. The molecule has 1 unspecified atom stereocenters. The molecule has 1 fully saturated rings. The Labute approximate surface area is 116 Å². The fraction of sp³-hybridized carbons (Fsp3) is 0.385. The van der Waals surface area contributed by atoms with E-state index in [1.165, 1.54) is 6.92 Å². The van der Waals surface area contributed by atoms with Crippen molar-refractivity contribution in [3.8, 4) is 0 Å². The molecule has 1 aliphatic rings. The second-order valence-corrected chi connectivity index (χ2v) is 5.01. The molecule has 1 saturated heterocycles. The molecular formula is C13H15ClN2O3. The molecule has 0 spiro atoms. The molecule has 0 aliphatic carbocycles. The summed E-state index contributed by atoms with van der Waals surface area (Å²) in [6.45, 7) is 1.89. The van der Waals surface area contributed by atoms with E-state index in [0.717, 1.165) is 0 Å². The SMILES string of the molecule is CC(=O)Nc1ccc(N2CC(CO)CC2=O)cc1Cl. The molecule has 1 aliphatic heterocycles. The fourth-order valence-electron chi connectivity index (χ4n) is 2.12. The number of aliphatic hydroxyl groups is 1. The first-order valence-corrected chi connectivity index (χ1v) is 6.37. The molecule has 5 nitrogen and oxygen atoms in total. The number of hydrogen-bond donors (Lipinski definition) is 2. The largest absolute Gasteiger partial charge is 0.396 e. The van der Waals surface area contributed by atoms with Gasteiger partial charge in [-0.3, -0.25) is 9.59 Å². The van der Waals surface area contributed by atoms with Crippen LogP contribution in [0.15, 0.2) is 18.2 Å². The Balaban J connectivity index is 2.20. The van der Waals surface area contributed by atoms with Crippen LogP contribution in [-0.2, 0) is 9.59 Å². The summed E-state index contributed by atoms with van der Waals surface area (Å²) in [5, 5.41) is 12.1. The smallest absolute Gasteiger partial charge is 0.227 e. The monoisotopic (exact) mass is 282 g/mol. The van der Waals surface area contributed by atoms with E-state index in [1.54, 1.807) is 23.1 Å². The highest BCUT2D eigenvalue weighted by Crippen LogP contribution is 2.31. The van der Waals surface area contributed by atoms with Gasteiger partial charge in [-0.05, 0) is 18.2 Å². The van der Waals surface area contributed by atoms with E-state index in [9.17, 15) is 9.59 Å². The molecule has 0 saturated carbocycles. The van der Waals surface area contributed by atoms with Gasteiger partial charge in [-0.25, -0.2) is 0 Å². The lowest BCUT2D eigenvalue weighted by molar-refractivity contribution is -0.117. The molecule has 6 heteroatoms. The minimum absolute atomic E-state index is 0.0000518. The third-order valence-corrected chi connectivity index (χ3v) is 3.35. The summed E-state index contributed by atoms with van der Waals surface area (Å²) in [6.07, 6.45) is 0.349. The predicted octanol–water partition coefficient (Wildman–Crippen LogP) is 1.64. The number of amides is 2. The third-order valence-electron chi connectivity index (χ3n) is 3.04. The van der Waals surface area contributed by atoms with E-state index >= 15 is 0 Å². The lowest BCUT2D eigenvalue weighted by Crippen LogP contribution is -2.24. The van der Waals surface area contributed by atoms with Gasteiger partial charge in [0, 0.05) is 38.1 Å². The van der Waals surface area contributed by atoms with Gasteiger partial charge >= 0.3 is 0 Å². The van der Waals surface area contributed by atoms with E-state index in [0.29, 0.717) is 29.4 Å². The van der Waals surface area contributed by atoms with E-state index in [-0.39, 0.29) is 24.3 Å². The maximum Gasteiger partial charge on any atom is 0.227 e. The van der Waals surface area contributed by atoms with Crippen LogP contribution in [0, 0.1) is 5.92 Å². The highest BCUT2D eigenvalue weighted by atomic mass is 35.5. The van der Waals surface area contributed by atoms with Crippen LogP contribution >= 0.6 is 11.6 Å². The van der Waals surface area contributed by atoms with Crippen molar-refractivity contribution < 1.29 is 14.7 Å². The molecule has 1 heterocycles. The van der Waals surface area contributed by atoms with Crippen LogP contribution in [0.3, 0.4) is 0 Å². The summed E-state index contributed by atoms with van der Waals surface area (Å²) in [4.78, 5) is 24.4. The first kappa shape index (κ1) is 13.8. The summed E-state index contributed by atoms with van der Waals surface area (Å²) in [6, 6.07) is 5.04. The number of carbonyl (C=O) groups is 2. The van der Waals surface area contributed by atoms with Gasteiger partial charge in [0.15, 0.2) is 0 Å². The van der Waals surface area contributed by atoms with Crippen LogP contribution in [0.5, 0.6) is 0 Å². The van der Waals surface area contributed by atoms with E-state index in [2.05, 4.69) is 5.32 Å². The number of carbonyl (C=O) groups excluding carboxylic acids is 2. The van der Waals surface area contributed by atoms with Gasteiger partial charge in [0.05, 0.1) is 10.7 Å². The number of nitrogens with zero attached hydrogens (tertiary/aromatic N) is 1. The highest BCUT2D eigenvalue weighted by molar-refractivity contribution is 6.34. The molecule has 1 aromatic rings. The van der Waals surface area contributed by atoms with Gasteiger partial charge in [0.2, 0.25) is 11.8 Å². The van der Waals surface area contributed by atoms with Gasteiger partial charge in [-0.2, -0.15) is 0 Å². The van der Waals surface area contributed by atoms with Crippen molar-refractivity contribution >= 4 is 34.8 Å². The summed E-state index contributed by atoms with van der Waals surface area (Å²) in [7, 11) is 0. The predicted molar refractivity (Wildman–Crippen MR) is 73.3 cm³/mol. The molecule has 2 rings (SSSR count). The number of nitrogens with one attached hydrogen (secondary N) is 1. The summed E-state index contributed by atoms with van der Waals surface area (Å²) >= 11 is 6.07. The van der Waals surface area contributed by atoms with Gasteiger partial charge in [-0.1, -0.05) is 11.6 Å². The van der Waals surface area contributed by atoms with Crippen LogP contribution in [-0.4, -0.2) is 30.1 Å². The van der Waals surface area contributed by atoms with Crippen molar-refractivity contribution in [2.45, 2.75) is 13.3 Å². The zero-order valence-electron chi connectivity index (χ0n) is 10.5. The molecular weight excluding hydrogens is 268 g/mol. The normalized spacial score (nSPS) is 18.8. The molecule has 2 N–H and O–H groups in total. The second-order valence-electron chi connectivity index (χ2n) is 4.60. The van der Waals surface area contributed by atoms with E-state index < -0.39 is 0 Å². The van der Waals surface area contributed by atoms with Gasteiger partial charge in [0.1, 0.15) is 0 Å². The summed E-state index contributed by atoms with van der Waals surface area (Å²) in [5.74, 6) is -0.254. The molecule has 0 aromatic heterocycles. The van der Waals surface area contributed by atoms with Crippen LogP contribution < -0.4 is 10.2 Å². The maximum atomic E-state index is 11.8. The number of rotatable bonds is 3. The number of anilines is 2. The Kier molecular flexibility index (Phi) is 4.07. The minimum atomic E-state index is -0.202. The number of benzene rings is 1. The minimum Gasteiger partial charge on any atom is -0.396 e. The Hall–Kier alpha value is -1.59. The zero-order chi connectivity index (χ0) is 14.0. The molecule has 2 amide bonds. The fourth-order valence-corrected chi connectivity index (χ4v) is 2.34. The summed E-state index contributed by atoms with van der Waals surface area (Å²) in [5.41, 5.74) is 1.20. The lowest BCUT2D eigenvalue weighted by Gasteiger charge is -2.17. The van der Waals surface area contributed by atoms with Crippen molar-refractivity contribution in [1.82, 2.24) is 0 Å². The van der Waals surface area contributed by atoms with Crippen molar-refractivity contribution in [2.75, 3.05) is 23.4 Å². The Morgan fingerprint density at radius 3 is 2.84 bits per heavy atom. The zero-order valence-corrected chi connectivity index (χ0v) is 11.3. The van der Waals surface area contributed by atoms with Crippen LogP contribution in [0.25, 0.3) is 0 Å². The molecule has 0 bridgehead atoms. The second kappa shape index (κ2) is 5.59. The van der Waals surface area contributed by atoms with Gasteiger partial charge in [-0.15, -0.1) is 0 Å². The average molecular weight is 283 g/mol. The van der Waals surface area contributed by atoms with Gasteiger partial charge in [0.25, 0.3) is 0 Å². The van der Waals surface area contributed by atoms with Crippen molar-refractivity contribution in [3.63, 3.8) is 0 Å². The highest BCUT2D eigenvalue weighted by Gasteiger charge is 2.30. The topological polar surface area (TPSA) is 69.6 Å². The van der Waals surface area contributed by atoms with Gasteiger partial charge < -0.3 is 15.3 Å². The molecule has 0 radical (unpaired) electrons. The molecule has 1 atom stereocenters. The van der Waals surface area contributed by atoms with E-state index in [4.69, 9.17) is 16.7 Å². The van der Waals surface area contributed by atoms with Crippen LogP contribution in [0.1, 0.15) is 13.3 Å². The third kappa shape index (κ3) is 3.05. The molecule has 1 aromatic carbocycles. The Morgan fingerprint density at radius 2 is 2.32 bits per heavy atom. The number of halogens is 1. The first-order chi connectivity index (χ1) is 9.01. The number of hydrogen-bond acceptors (Lipinski definition) is 3. The standard InChI is InChI=1S/C13H15ClN2O3/c1-8(18)15-12-3-2-10(5-11(12)14)16-6-9(7-17)4-13(16)19/h2-3,5,9,17H,4,6-7H2,1H3,(H,15,18). The van der Waals surface area contributed by atoms with Crippen molar-refractivity contribution in [2.24, 2.45) is 5.92 Å². The van der Waals surface area contributed by atoms with Crippen molar-refractivity contribution in [1.29, 1.82) is 0 Å². The molecule has 19 heavy (non-hydrogen) atoms. The quantitative estimate of drug-likeness (QED) is 0.885. The Morgan fingerprint density at radius 1 is 1.58 bits per heavy atom. The Bertz CT molecular complexity index is 519. The van der Waals surface area contributed by atoms with Crippen LogP contribution in [0.4, 0.5) is 11.4 Å². The maximum absolute atomic E-state index is 11.8. The average Bonchev–Trinajstić information content (AvgIpc) is 2.73. The first-order valence-electron chi connectivity index (χ1n) is 5.99. The summed E-state index contributed by atoms with van der Waals surface area (Å²) < 4.78 is 0.